The number of hydrogen-bond acceptors (Lipinski definition) is 8. The molecule has 0 spiro atoms. The highest BCUT2D eigenvalue weighted by molar-refractivity contribution is 5.97. The zero-order chi connectivity index (χ0) is 23.7. The summed E-state index contributed by atoms with van der Waals surface area (Å²) in [5.74, 6) is -0.274. The molecule has 8 nitrogen and oxygen atoms in total. The van der Waals surface area contributed by atoms with Crippen LogP contribution in [-0.2, 0) is 4.74 Å². The molecule has 2 aliphatic rings. The van der Waals surface area contributed by atoms with Gasteiger partial charge in [-0.15, -0.1) is 0 Å². The van der Waals surface area contributed by atoms with E-state index in [2.05, 4.69) is 20.9 Å². The van der Waals surface area contributed by atoms with E-state index in [9.17, 15) is 13.6 Å². The average molecular weight is 469 g/mol. The Bertz CT molecular complexity index is 1280. The second-order valence-corrected chi connectivity index (χ2v) is 8.30. The number of hydrogen-bond donors (Lipinski definition) is 3. The molecule has 2 aliphatic heterocycles. The molecule has 0 bridgehead atoms. The third-order valence-corrected chi connectivity index (χ3v) is 5.82. The summed E-state index contributed by atoms with van der Waals surface area (Å²) in [5, 5.41) is 9.86. The van der Waals surface area contributed by atoms with E-state index in [-0.39, 0.29) is 11.1 Å². The lowest BCUT2D eigenvalue weighted by molar-refractivity contribution is 0.121. The first-order valence-electron chi connectivity index (χ1n) is 11.2. The van der Waals surface area contributed by atoms with Gasteiger partial charge in [0.2, 0.25) is 0 Å². The highest BCUT2D eigenvalue weighted by atomic mass is 19.1. The van der Waals surface area contributed by atoms with Gasteiger partial charge in [0.25, 0.3) is 0 Å². The summed E-state index contributed by atoms with van der Waals surface area (Å²) in [7, 11) is 0. The predicted octanol–water partition coefficient (Wildman–Crippen LogP) is 3.45. The van der Waals surface area contributed by atoms with E-state index < -0.39 is 17.7 Å². The Morgan fingerprint density at radius 2 is 1.82 bits per heavy atom. The van der Waals surface area contributed by atoms with Crippen LogP contribution >= 0.6 is 0 Å². The summed E-state index contributed by atoms with van der Waals surface area (Å²) >= 11 is 0. The molecule has 0 amide bonds. The Hall–Kier alpha value is -3.66. The molecule has 3 N–H and O–H groups in total. The summed E-state index contributed by atoms with van der Waals surface area (Å²) in [5.41, 5.74) is 1.83. The minimum atomic E-state index is -0.679. The minimum absolute atomic E-state index is 0.182. The molecule has 0 radical (unpaired) electrons. The maximum atomic E-state index is 13.8. The van der Waals surface area contributed by atoms with Crippen molar-refractivity contribution in [1.29, 1.82) is 0 Å². The number of anilines is 3. The quantitative estimate of drug-likeness (QED) is 0.527. The third kappa shape index (κ3) is 4.67. The molecule has 34 heavy (non-hydrogen) atoms. The molecule has 1 unspecified atom stereocenters. The van der Waals surface area contributed by atoms with Crippen molar-refractivity contribution in [3.63, 3.8) is 0 Å². The van der Waals surface area contributed by atoms with Crippen LogP contribution in [0.4, 0.5) is 26.0 Å². The molecular weight excluding hydrogens is 444 g/mol. The van der Waals surface area contributed by atoms with Crippen molar-refractivity contribution in [2.75, 3.05) is 54.9 Å². The number of fused-ring (bicyclic) bond motifs is 1. The first kappa shape index (κ1) is 22.1. The fourth-order valence-electron chi connectivity index (χ4n) is 4.19. The zero-order valence-electron chi connectivity index (χ0n) is 18.7. The normalized spacial score (nSPS) is 16.8. The second-order valence-electron chi connectivity index (χ2n) is 8.30. The van der Waals surface area contributed by atoms with Crippen LogP contribution in [-0.4, -0.2) is 45.4 Å². The van der Waals surface area contributed by atoms with Crippen molar-refractivity contribution in [1.82, 2.24) is 5.32 Å². The molecular formula is C24H25F2N5O3. The smallest absolute Gasteiger partial charge is 0.200 e. The fraction of sp³-hybridized carbons (Fsp3) is 0.333. The Morgan fingerprint density at radius 3 is 2.53 bits per heavy atom. The van der Waals surface area contributed by atoms with Gasteiger partial charge >= 0.3 is 0 Å². The van der Waals surface area contributed by atoms with E-state index in [4.69, 9.17) is 9.15 Å². The maximum Gasteiger partial charge on any atom is 0.200 e. The fourth-order valence-corrected chi connectivity index (χ4v) is 4.19. The lowest BCUT2D eigenvalue weighted by Crippen LogP contribution is -2.36. The third-order valence-electron chi connectivity index (χ3n) is 5.82. The van der Waals surface area contributed by atoms with E-state index in [0.29, 0.717) is 66.9 Å². The van der Waals surface area contributed by atoms with E-state index in [1.165, 1.54) is 18.2 Å². The van der Waals surface area contributed by atoms with Crippen molar-refractivity contribution in [2.24, 2.45) is 4.99 Å². The molecule has 1 fully saturated rings. The van der Waals surface area contributed by atoms with Crippen molar-refractivity contribution < 1.29 is 17.9 Å². The monoisotopic (exact) mass is 469 g/mol. The molecule has 0 saturated carbocycles. The van der Waals surface area contributed by atoms with Crippen LogP contribution in [0.1, 0.15) is 18.5 Å². The minimum Gasteiger partial charge on any atom is -0.440 e. The Labute approximate surface area is 194 Å². The van der Waals surface area contributed by atoms with Gasteiger partial charge in [0.05, 0.1) is 31.2 Å². The van der Waals surface area contributed by atoms with Crippen LogP contribution in [0.2, 0.25) is 0 Å². The number of benzene rings is 2. The number of rotatable bonds is 5. The molecule has 1 saturated heterocycles. The van der Waals surface area contributed by atoms with Crippen LogP contribution in [0.3, 0.4) is 0 Å². The van der Waals surface area contributed by atoms with Crippen LogP contribution in [0.5, 0.6) is 0 Å². The number of halogens is 2. The number of nitrogens with zero attached hydrogens (tertiary/aromatic N) is 2. The van der Waals surface area contributed by atoms with E-state index in [0.717, 1.165) is 12.6 Å². The molecule has 1 atom stereocenters. The van der Waals surface area contributed by atoms with Crippen molar-refractivity contribution in [3.8, 4) is 0 Å². The van der Waals surface area contributed by atoms with Gasteiger partial charge in [0, 0.05) is 48.7 Å². The van der Waals surface area contributed by atoms with Crippen LogP contribution in [0, 0.1) is 11.6 Å². The van der Waals surface area contributed by atoms with Gasteiger partial charge in [0.15, 0.2) is 17.3 Å². The predicted molar refractivity (Wildman–Crippen MR) is 128 cm³/mol. The van der Waals surface area contributed by atoms with E-state index in [1.807, 2.05) is 17.9 Å². The van der Waals surface area contributed by atoms with Gasteiger partial charge in [-0.25, -0.2) is 8.78 Å². The Balaban J connectivity index is 1.59. The Morgan fingerprint density at radius 1 is 1.06 bits per heavy atom. The molecule has 3 heterocycles. The number of nitrogens with one attached hydrogen (secondary N) is 3. The van der Waals surface area contributed by atoms with Gasteiger partial charge < -0.3 is 30.0 Å². The summed E-state index contributed by atoms with van der Waals surface area (Å²) in [6.45, 7) is 5.57. The maximum absolute atomic E-state index is 13.8. The number of ether oxygens (including phenoxy) is 1. The van der Waals surface area contributed by atoms with Crippen molar-refractivity contribution in [2.45, 2.75) is 13.0 Å². The molecule has 178 valence electrons. The number of aliphatic imine (C=N–C) groups is 1. The molecule has 3 aromatic rings. The van der Waals surface area contributed by atoms with Gasteiger partial charge in [-0.1, -0.05) is 0 Å². The number of morpholine rings is 1. The second kappa shape index (κ2) is 9.30. The highest BCUT2D eigenvalue weighted by Gasteiger charge is 2.21. The Kier molecular flexibility index (Phi) is 6.06. The first-order chi connectivity index (χ1) is 16.5. The van der Waals surface area contributed by atoms with Gasteiger partial charge in [-0.2, -0.15) is 0 Å². The van der Waals surface area contributed by atoms with Gasteiger partial charge in [0.1, 0.15) is 17.2 Å². The summed E-state index contributed by atoms with van der Waals surface area (Å²) in [6.07, 6.45) is 0. The van der Waals surface area contributed by atoms with Crippen molar-refractivity contribution >= 4 is 34.2 Å². The highest BCUT2D eigenvalue weighted by Crippen LogP contribution is 2.32. The molecule has 10 heteroatoms. The SMILES string of the molecule is CC(Nc1cc(F)cc(F)c1)c1cc(NC2=NCCN2)cc2c(=O)cc(N3CCOCC3)oc12. The van der Waals surface area contributed by atoms with Crippen LogP contribution in [0.15, 0.2) is 50.6 Å². The standard InChI is InChI=1S/C24H25F2N5O3/c1-14(29-17-9-15(25)8-16(26)10-17)19-11-18(30-24-27-2-3-28-24)12-20-21(32)13-22(34-23(19)20)31-4-6-33-7-5-31/h8-14,29H,2-7H2,1H3,(H2,27,28,30). The van der Waals surface area contributed by atoms with Crippen molar-refractivity contribution in [3.05, 3.63) is 63.8 Å². The summed E-state index contributed by atoms with van der Waals surface area (Å²) in [6, 6.07) is 7.89. The summed E-state index contributed by atoms with van der Waals surface area (Å²) in [4.78, 5) is 19.5. The summed E-state index contributed by atoms with van der Waals surface area (Å²) < 4.78 is 39.2. The largest absolute Gasteiger partial charge is 0.440 e. The number of guanidine groups is 1. The lowest BCUT2D eigenvalue weighted by atomic mass is 10.0. The molecule has 2 aromatic carbocycles. The topological polar surface area (TPSA) is 91.1 Å². The van der Waals surface area contributed by atoms with Crippen LogP contribution in [0.25, 0.3) is 11.0 Å². The van der Waals surface area contributed by atoms with Gasteiger partial charge in [-0.3, -0.25) is 9.79 Å². The first-order valence-corrected chi connectivity index (χ1v) is 11.2. The average Bonchev–Trinajstić information content (AvgIpc) is 3.32. The van der Waals surface area contributed by atoms with Crippen LogP contribution < -0.4 is 26.3 Å². The molecule has 1 aromatic heterocycles. The zero-order valence-corrected chi connectivity index (χ0v) is 18.7. The lowest BCUT2D eigenvalue weighted by Gasteiger charge is -2.27. The van der Waals surface area contributed by atoms with E-state index in [1.54, 1.807) is 6.07 Å². The molecule has 0 aliphatic carbocycles. The van der Waals surface area contributed by atoms with E-state index >= 15 is 0 Å². The molecule has 5 rings (SSSR count). The van der Waals surface area contributed by atoms with Gasteiger partial charge in [-0.05, 0) is 31.2 Å².